The lowest BCUT2D eigenvalue weighted by Crippen LogP contribution is -2.57. The first-order chi connectivity index (χ1) is 13.8. The van der Waals surface area contributed by atoms with E-state index in [2.05, 4.69) is 5.43 Å². The molecule has 9 nitrogen and oxygen atoms in total. The van der Waals surface area contributed by atoms with Gasteiger partial charge in [-0.2, -0.15) is 5.26 Å². The fourth-order valence-electron chi connectivity index (χ4n) is 2.19. The summed E-state index contributed by atoms with van der Waals surface area (Å²) in [5.41, 5.74) is 1.52. The Bertz CT molecular complexity index is 747. The number of nitrogens with one attached hydrogen (secondary N) is 1. The topological polar surface area (TPSA) is 118 Å². The van der Waals surface area contributed by atoms with Gasteiger partial charge in [0, 0.05) is 6.42 Å². The molecule has 164 valence electrons. The molecule has 0 aliphatic heterocycles. The minimum atomic E-state index is -1.15. The van der Waals surface area contributed by atoms with Crippen LogP contribution in [0.5, 0.6) is 0 Å². The SMILES string of the molecule is CC(C)(C)OC(=O)N(NC(Cc1ccccc1)C(=O)OCC#N)C(=O)OC(C)(C)C. The molecule has 0 aromatic heterocycles. The third kappa shape index (κ3) is 9.39. The van der Waals surface area contributed by atoms with Crippen molar-refractivity contribution in [2.24, 2.45) is 0 Å². The molecule has 0 spiro atoms. The van der Waals surface area contributed by atoms with Crippen molar-refractivity contribution in [3.05, 3.63) is 35.9 Å². The van der Waals surface area contributed by atoms with Crippen LogP contribution in [0.4, 0.5) is 9.59 Å². The number of ether oxygens (including phenoxy) is 3. The van der Waals surface area contributed by atoms with Crippen molar-refractivity contribution in [1.82, 2.24) is 10.4 Å². The molecule has 0 radical (unpaired) electrons. The molecule has 1 N–H and O–H groups in total. The van der Waals surface area contributed by atoms with E-state index in [1.54, 1.807) is 71.9 Å². The van der Waals surface area contributed by atoms with E-state index in [1.165, 1.54) is 0 Å². The highest BCUT2D eigenvalue weighted by molar-refractivity contribution is 5.88. The van der Waals surface area contributed by atoms with Crippen LogP contribution in [0.3, 0.4) is 0 Å². The number of nitriles is 1. The first kappa shape index (κ1) is 24.9. The molecule has 0 bridgehead atoms. The van der Waals surface area contributed by atoms with Gasteiger partial charge in [-0.3, -0.25) is 4.79 Å². The van der Waals surface area contributed by atoms with E-state index < -0.39 is 42.0 Å². The van der Waals surface area contributed by atoms with E-state index in [0.29, 0.717) is 5.01 Å². The summed E-state index contributed by atoms with van der Waals surface area (Å²) in [5, 5.41) is 9.21. The van der Waals surface area contributed by atoms with Crippen LogP contribution in [0.25, 0.3) is 0 Å². The summed E-state index contributed by atoms with van der Waals surface area (Å²) in [6, 6.07) is 9.49. The summed E-state index contributed by atoms with van der Waals surface area (Å²) in [6.45, 7) is 9.37. The summed E-state index contributed by atoms with van der Waals surface area (Å²) in [4.78, 5) is 37.8. The number of hydrogen-bond acceptors (Lipinski definition) is 8. The molecule has 30 heavy (non-hydrogen) atoms. The zero-order valence-corrected chi connectivity index (χ0v) is 18.2. The Morgan fingerprint density at radius 1 is 1.00 bits per heavy atom. The van der Waals surface area contributed by atoms with Gasteiger partial charge < -0.3 is 14.2 Å². The summed E-state index contributed by atoms with van der Waals surface area (Å²) < 4.78 is 15.4. The number of hydrazine groups is 1. The average molecular weight is 419 g/mol. The largest absolute Gasteiger partial charge is 0.449 e. The van der Waals surface area contributed by atoms with Gasteiger partial charge in [0.05, 0.1) is 0 Å². The molecule has 9 heteroatoms. The van der Waals surface area contributed by atoms with Crippen molar-refractivity contribution < 1.29 is 28.6 Å². The first-order valence-corrected chi connectivity index (χ1v) is 9.42. The Morgan fingerprint density at radius 3 is 1.93 bits per heavy atom. The summed E-state index contributed by atoms with van der Waals surface area (Å²) in [6.07, 6.45) is -1.99. The molecule has 1 aromatic rings. The van der Waals surface area contributed by atoms with Crippen LogP contribution in [-0.4, -0.2) is 47.0 Å². The Labute approximate surface area is 176 Å². The van der Waals surface area contributed by atoms with E-state index in [-0.39, 0.29) is 6.42 Å². The maximum Gasteiger partial charge on any atom is 0.434 e. The van der Waals surface area contributed by atoms with Gasteiger partial charge >= 0.3 is 18.2 Å². The van der Waals surface area contributed by atoms with E-state index in [4.69, 9.17) is 19.5 Å². The van der Waals surface area contributed by atoms with Crippen molar-refractivity contribution in [1.29, 1.82) is 5.26 Å². The second-order valence-corrected chi connectivity index (χ2v) is 8.43. The number of amides is 2. The van der Waals surface area contributed by atoms with Crippen LogP contribution in [0.2, 0.25) is 0 Å². The number of carbonyl (C=O) groups excluding carboxylic acids is 3. The van der Waals surface area contributed by atoms with Crippen LogP contribution in [0.15, 0.2) is 30.3 Å². The van der Waals surface area contributed by atoms with Crippen LogP contribution < -0.4 is 5.43 Å². The number of esters is 1. The van der Waals surface area contributed by atoms with Gasteiger partial charge in [-0.05, 0) is 47.1 Å². The lowest BCUT2D eigenvalue weighted by atomic mass is 10.1. The number of rotatable bonds is 6. The first-order valence-electron chi connectivity index (χ1n) is 9.42. The summed E-state index contributed by atoms with van der Waals surface area (Å²) in [7, 11) is 0. The van der Waals surface area contributed by atoms with Crippen LogP contribution in [0.1, 0.15) is 47.1 Å². The molecule has 1 aromatic carbocycles. The minimum absolute atomic E-state index is 0.0905. The normalized spacial score (nSPS) is 12.3. The predicted octanol–water partition coefficient (Wildman–Crippen LogP) is 3.34. The Hall–Kier alpha value is -3.12. The number of benzene rings is 1. The van der Waals surface area contributed by atoms with E-state index in [0.717, 1.165) is 5.56 Å². The Balaban J connectivity index is 3.17. The fraction of sp³-hybridized carbons (Fsp3) is 0.524. The van der Waals surface area contributed by atoms with Gasteiger partial charge in [-0.15, -0.1) is 5.01 Å². The van der Waals surface area contributed by atoms with Crippen LogP contribution in [0, 0.1) is 11.3 Å². The number of carbonyl (C=O) groups is 3. The third-order valence-corrected chi connectivity index (χ3v) is 3.28. The quantitative estimate of drug-likeness (QED) is 0.424. The highest BCUT2D eigenvalue weighted by atomic mass is 16.6. The highest BCUT2D eigenvalue weighted by Gasteiger charge is 2.35. The van der Waals surface area contributed by atoms with Gasteiger partial charge in [0.1, 0.15) is 23.3 Å². The smallest absolute Gasteiger partial charge is 0.434 e. The lowest BCUT2D eigenvalue weighted by molar-refractivity contribution is -0.146. The summed E-state index contributed by atoms with van der Waals surface area (Å²) in [5.74, 6) is -0.808. The maximum atomic E-state index is 12.6. The average Bonchev–Trinajstić information content (AvgIpc) is 2.60. The molecule has 1 rings (SSSR count). The van der Waals surface area contributed by atoms with E-state index >= 15 is 0 Å². The molecule has 1 unspecified atom stereocenters. The van der Waals surface area contributed by atoms with Crippen molar-refractivity contribution in [3.63, 3.8) is 0 Å². The zero-order valence-electron chi connectivity index (χ0n) is 18.2. The second-order valence-electron chi connectivity index (χ2n) is 8.43. The third-order valence-electron chi connectivity index (χ3n) is 3.28. The van der Waals surface area contributed by atoms with E-state index in [9.17, 15) is 14.4 Å². The Kier molecular flexibility index (Phi) is 8.80. The van der Waals surface area contributed by atoms with Gasteiger partial charge in [-0.1, -0.05) is 30.3 Å². The molecule has 0 heterocycles. The fourth-order valence-corrected chi connectivity index (χ4v) is 2.19. The maximum absolute atomic E-state index is 12.6. The van der Waals surface area contributed by atoms with Crippen LogP contribution in [-0.2, 0) is 25.4 Å². The molecule has 0 aliphatic carbocycles. The molecule has 0 fully saturated rings. The molecule has 1 atom stereocenters. The van der Waals surface area contributed by atoms with Gasteiger partial charge in [0.15, 0.2) is 6.61 Å². The van der Waals surface area contributed by atoms with Crippen molar-refractivity contribution in [2.45, 2.75) is 65.2 Å². The molecule has 0 aliphatic rings. The molecule has 0 saturated carbocycles. The standard InChI is InChI=1S/C21H29N3O6/c1-20(2,3)29-18(26)24(19(27)30-21(4,5)6)23-16(17(25)28-13-12-22)14-15-10-8-7-9-11-15/h7-11,16,23H,13-14H2,1-6H3. The van der Waals surface area contributed by atoms with Gasteiger partial charge in [0.25, 0.3) is 0 Å². The predicted molar refractivity (Wildman–Crippen MR) is 108 cm³/mol. The van der Waals surface area contributed by atoms with Crippen molar-refractivity contribution in [3.8, 4) is 6.07 Å². The van der Waals surface area contributed by atoms with Gasteiger partial charge in [-0.25, -0.2) is 15.0 Å². The zero-order chi connectivity index (χ0) is 22.9. The second kappa shape index (κ2) is 10.6. The minimum Gasteiger partial charge on any atom is -0.449 e. The highest BCUT2D eigenvalue weighted by Crippen LogP contribution is 2.15. The molecular formula is C21H29N3O6. The van der Waals surface area contributed by atoms with Gasteiger partial charge in [0.2, 0.25) is 0 Å². The molecular weight excluding hydrogens is 390 g/mol. The van der Waals surface area contributed by atoms with Crippen molar-refractivity contribution in [2.75, 3.05) is 6.61 Å². The number of hydrogen-bond donors (Lipinski definition) is 1. The number of imide groups is 1. The monoisotopic (exact) mass is 419 g/mol. The lowest BCUT2D eigenvalue weighted by Gasteiger charge is -2.30. The Morgan fingerprint density at radius 2 is 1.50 bits per heavy atom. The van der Waals surface area contributed by atoms with Crippen LogP contribution >= 0.6 is 0 Å². The number of nitrogens with zero attached hydrogens (tertiary/aromatic N) is 2. The van der Waals surface area contributed by atoms with Crippen molar-refractivity contribution >= 4 is 18.2 Å². The summed E-state index contributed by atoms with van der Waals surface area (Å²) >= 11 is 0. The van der Waals surface area contributed by atoms with E-state index in [1.807, 2.05) is 6.07 Å². The molecule has 2 amide bonds. The molecule has 0 saturated heterocycles.